The average Bonchev–Trinajstić information content (AvgIpc) is 2.84. The third kappa shape index (κ3) is 4.16. The first-order chi connectivity index (χ1) is 11.5. The minimum absolute atomic E-state index is 0. The SMILES string of the molecule is Cn1c(-c2cccc(Br)c2)c[n+](CC(=O)c2ccc(F)cc2)c1N.[Br-]. The van der Waals surface area contributed by atoms with Gasteiger partial charge < -0.3 is 17.0 Å². The molecule has 3 aromatic rings. The number of hydrogen-bond acceptors (Lipinski definition) is 2. The Bertz CT molecular complexity index is 907. The van der Waals surface area contributed by atoms with Gasteiger partial charge in [0.15, 0.2) is 5.78 Å². The first-order valence-electron chi connectivity index (χ1n) is 7.35. The fourth-order valence-corrected chi connectivity index (χ4v) is 2.94. The number of anilines is 1. The molecule has 4 nitrogen and oxygen atoms in total. The van der Waals surface area contributed by atoms with Gasteiger partial charge in [-0.25, -0.2) is 13.5 Å². The van der Waals surface area contributed by atoms with E-state index in [2.05, 4.69) is 15.9 Å². The lowest BCUT2D eigenvalue weighted by molar-refractivity contribution is -0.667. The quantitative estimate of drug-likeness (QED) is 0.443. The van der Waals surface area contributed by atoms with E-state index in [1.54, 1.807) is 4.57 Å². The Hall–Kier alpha value is -1.99. The number of ketones is 1. The summed E-state index contributed by atoms with van der Waals surface area (Å²) in [6, 6.07) is 13.4. The summed E-state index contributed by atoms with van der Waals surface area (Å²) in [5.74, 6) is -0.0195. The first kappa shape index (κ1) is 19.3. The monoisotopic (exact) mass is 467 g/mol. The highest BCUT2D eigenvalue weighted by Gasteiger charge is 2.20. The largest absolute Gasteiger partial charge is 1.00 e. The fourth-order valence-electron chi connectivity index (χ4n) is 2.54. The predicted octanol–water partition coefficient (Wildman–Crippen LogP) is 0.350. The molecule has 3 rings (SSSR count). The topological polar surface area (TPSA) is 51.9 Å². The highest BCUT2D eigenvalue weighted by Crippen LogP contribution is 2.23. The second kappa shape index (κ2) is 7.93. The van der Waals surface area contributed by atoms with Gasteiger partial charge in [0.05, 0.1) is 7.05 Å². The molecule has 0 bridgehead atoms. The molecule has 25 heavy (non-hydrogen) atoms. The maximum Gasteiger partial charge on any atom is 0.355 e. The third-order valence-electron chi connectivity index (χ3n) is 3.88. The summed E-state index contributed by atoms with van der Waals surface area (Å²) in [5, 5.41) is 0. The molecule has 0 spiro atoms. The molecule has 130 valence electrons. The van der Waals surface area contributed by atoms with Crippen LogP contribution in [-0.2, 0) is 13.6 Å². The van der Waals surface area contributed by atoms with Crippen molar-refractivity contribution in [3.8, 4) is 11.3 Å². The van der Waals surface area contributed by atoms with Crippen molar-refractivity contribution >= 4 is 27.7 Å². The van der Waals surface area contributed by atoms with Gasteiger partial charge in [-0.2, -0.15) is 0 Å². The van der Waals surface area contributed by atoms with Gasteiger partial charge in [0, 0.05) is 15.6 Å². The summed E-state index contributed by atoms with van der Waals surface area (Å²) >= 11 is 3.45. The van der Waals surface area contributed by atoms with Gasteiger partial charge in [-0.3, -0.25) is 10.5 Å². The molecule has 7 heteroatoms. The van der Waals surface area contributed by atoms with Crippen molar-refractivity contribution in [2.45, 2.75) is 6.54 Å². The molecule has 0 unspecified atom stereocenters. The van der Waals surface area contributed by atoms with E-state index in [1.807, 2.05) is 42.1 Å². The van der Waals surface area contributed by atoms with Crippen LogP contribution in [0.1, 0.15) is 10.4 Å². The molecule has 2 aromatic carbocycles. The van der Waals surface area contributed by atoms with Crippen LogP contribution in [0.15, 0.2) is 59.2 Å². The molecule has 2 N–H and O–H groups in total. The molecule has 0 aliphatic rings. The van der Waals surface area contributed by atoms with Gasteiger partial charge in [0.25, 0.3) is 0 Å². The van der Waals surface area contributed by atoms with E-state index in [4.69, 9.17) is 5.73 Å². The summed E-state index contributed by atoms with van der Waals surface area (Å²) in [6.45, 7) is 0.0965. The lowest BCUT2D eigenvalue weighted by Crippen LogP contribution is -3.00. The summed E-state index contributed by atoms with van der Waals surface area (Å²) in [7, 11) is 1.85. The Morgan fingerprint density at radius 1 is 1.24 bits per heavy atom. The van der Waals surface area contributed by atoms with Crippen molar-refractivity contribution in [3.05, 3.63) is 70.6 Å². The first-order valence-corrected chi connectivity index (χ1v) is 8.14. The van der Waals surface area contributed by atoms with E-state index in [1.165, 1.54) is 24.3 Å². The summed E-state index contributed by atoms with van der Waals surface area (Å²) in [5.41, 5.74) is 8.48. The maximum atomic E-state index is 13.0. The molecule has 0 amide bonds. The van der Waals surface area contributed by atoms with Crippen molar-refractivity contribution in [3.63, 3.8) is 0 Å². The number of nitrogen functional groups attached to an aromatic ring is 1. The summed E-state index contributed by atoms with van der Waals surface area (Å²) in [6.07, 6.45) is 1.85. The maximum absolute atomic E-state index is 13.0. The Labute approximate surface area is 164 Å². The van der Waals surface area contributed by atoms with Crippen molar-refractivity contribution in [2.75, 3.05) is 5.73 Å². The van der Waals surface area contributed by atoms with Crippen molar-refractivity contribution in [1.82, 2.24) is 4.57 Å². The van der Waals surface area contributed by atoms with Crippen molar-refractivity contribution < 1.29 is 30.7 Å². The van der Waals surface area contributed by atoms with Crippen LogP contribution >= 0.6 is 15.9 Å². The van der Waals surface area contributed by atoms with E-state index in [9.17, 15) is 9.18 Å². The minimum atomic E-state index is -0.365. The van der Waals surface area contributed by atoms with E-state index < -0.39 is 0 Å². The lowest BCUT2D eigenvalue weighted by Gasteiger charge is -2.00. The van der Waals surface area contributed by atoms with Crippen molar-refractivity contribution in [2.24, 2.45) is 7.05 Å². The van der Waals surface area contributed by atoms with Gasteiger partial charge in [0.2, 0.25) is 0 Å². The highest BCUT2D eigenvalue weighted by molar-refractivity contribution is 9.10. The number of Topliss-reactive ketones (excluding diaryl/α,β-unsaturated/α-hetero) is 1. The molecule has 0 aliphatic carbocycles. The Kier molecular flexibility index (Phi) is 6.13. The van der Waals surface area contributed by atoms with E-state index in [0.29, 0.717) is 11.5 Å². The lowest BCUT2D eigenvalue weighted by atomic mass is 10.1. The molecular weight excluding hydrogens is 453 g/mol. The van der Waals surface area contributed by atoms with E-state index in [0.717, 1.165) is 15.7 Å². The van der Waals surface area contributed by atoms with Gasteiger partial charge in [-0.15, -0.1) is 0 Å². The van der Waals surface area contributed by atoms with Crippen LogP contribution in [0.4, 0.5) is 10.3 Å². The Morgan fingerprint density at radius 2 is 1.92 bits per heavy atom. The number of aromatic nitrogens is 2. The summed E-state index contributed by atoms with van der Waals surface area (Å²) < 4.78 is 17.5. The normalized spacial score (nSPS) is 10.4. The van der Waals surface area contributed by atoms with Crippen LogP contribution in [0.5, 0.6) is 0 Å². The van der Waals surface area contributed by atoms with Crippen LogP contribution in [-0.4, -0.2) is 10.4 Å². The van der Waals surface area contributed by atoms with E-state index >= 15 is 0 Å². The second-order valence-electron chi connectivity index (χ2n) is 5.50. The number of imidazole rings is 1. The second-order valence-corrected chi connectivity index (χ2v) is 6.42. The van der Waals surface area contributed by atoms with Gasteiger partial charge in [0.1, 0.15) is 24.3 Å². The van der Waals surface area contributed by atoms with Crippen LogP contribution in [0.2, 0.25) is 0 Å². The molecule has 0 saturated heterocycles. The molecule has 1 aromatic heterocycles. The zero-order valence-electron chi connectivity index (χ0n) is 13.4. The number of halogens is 3. The number of nitrogens with two attached hydrogens (primary N) is 1. The number of hydrogen-bond donors (Lipinski definition) is 1. The fraction of sp³-hybridized carbons (Fsp3) is 0.111. The molecular formula is C18H16Br2FN3O. The number of nitrogens with zero attached hydrogens (tertiary/aromatic N) is 2. The van der Waals surface area contributed by atoms with Gasteiger partial charge >= 0.3 is 5.95 Å². The molecule has 0 fully saturated rings. The predicted molar refractivity (Wildman–Crippen MR) is 93.9 cm³/mol. The number of carbonyl (C=O) groups is 1. The molecule has 0 aliphatic heterocycles. The standard InChI is InChI=1S/C18H15BrFN3O.BrH/c1-22-16(13-3-2-4-14(19)9-13)10-23(18(22)21)11-17(24)12-5-7-15(20)8-6-12;/h2-10,21H,11H2,1H3;1H. The van der Waals surface area contributed by atoms with Gasteiger partial charge in [-0.05, 0) is 36.4 Å². The van der Waals surface area contributed by atoms with Crippen molar-refractivity contribution in [1.29, 1.82) is 0 Å². The zero-order chi connectivity index (χ0) is 17.3. The molecule has 0 saturated carbocycles. The number of rotatable bonds is 4. The summed E-state index contributed by atoms with van der Waals surface area (Å²) in [4.78, 5) is 12.4. The van der Waals surface area contributed by atoms with E-state index in [-0.39, 0.29) is 35.1 Å². The van der Waals surface area contributed by atoms with Crippen LogP contribution in [0.25, 0.3) is 11.3 Å². The van der Waals surface area contributed by atoms with Crippen LogP contribution < -0.4 is 27.3 Å². The average molecular weight is 469 g/mol. The number of carbonyl (C=O) groups excluding carboxylic acids is 1. The highest BCUT2D eigenvalue weighted by atomic mass is 79.9. The number of benzene rings is 2. The smallest absolute Gasteiger partial charge is 0.355 e. The third-order valence-corrected chi connectivity index (χ3v) is 4.37. The molecule has 0 atom stereocenters. The Balaban J connectivity index is 0.00000225. The zero-order valence-corrected chi connectivity index (χ0v) is 16.6. The molecule has 0 radical (unpaired) electrons. The Morgan fingerprint density at radius 3 is 2.56 bits per heavy atom. The van der Waals surface area contributed by atoms with Gasteiger partial charge in [-0.1, -0.05) is 28.1 Å². The van der Waals surface area contributed by atoms with Crippen LogP contribution in [0, 0.1) is 5.82 Å². The van der Waals surface area contributed by atoms with Crippen LogP contribution in [0.3, 0.4) is 0 Å². The minimum Gasteiger partial charge on any atom is -1.00 e. The molecule has 1 heterocycles.